The van der Waals surface area contributed by atoms with Crippen LogP contribution in [-0.4, -0.2) is 39.5 Å². The molecule has 0 aromatic carbocycles. The molecule has 1 N–H and O–H groups in total. The lowest BCUT2D eigenvalue weighted by molar-refractivity contribution is -0.138. The topological polar surface area (TPSA) is 70.5 Å². The van der Waals surface area contributed by atoms with Crippen LogP contribution in [-0.2, 0) is 4.79 Å². The Morgan fingerprint density at radius 3 is 2.65 bits per heavy atom. The first-order chi connectivity index (χ1) is 7.95. The molecule has 0 bridgehead atoms. The Kier molecular flexibility index (Phi) is 4.62. The molecule has 1 amide bonds. The number of aromatic nitrogens is 1. The molecule has 17 heavy (non-hydrogen) atoms. The van der Waals surface area contributed by atoms with E-state index in [2.05, 4.69) is 4.98 Å². The number of aryl methyl sites for hydroxylation is 1. The molecule has 0 saturated carbocycles. The molecule has 0 radical (unpaired) electrons. The monoisotopic (exact) mass is 256 g/mol. The average molecular weight is 256 g/mol. The number of rotatable bonds is 5. The van der Waals surface area contributed by atoms with Gasteiger partial charge in [0.2, 0.25) is 0 Å². The number of amides is 1. The fraction of sp³-hybridized carbons (Fsp3) is 0.545. The second-order valence-electron chi connectivity index (χ2n) is 3.83. The molecule has 0 saturated heterocycles. The summed E-state index contributed by atoms with van der Waals surface area (Å²) in [4.78, 5) is 28.8. The average Bonchev–Trinajstić information content (AvgIpc) is 2.70. The molecule has 94 valence electrons. The molecule has 1 aromatic rings. The lowest BCUT2D eigenvalue weighted by atomic mass is 10.2. The Balaban J connectivity index is 2.89. The highest BCUT2D eigenvalue weighted by atomic mass is 32.1. The summed E-state index contributed by atoms with van der Waals surface area (Å²) in [6.07, 6.45) is 2.22. The molecular weight excluding hydrogens is 240 g/mol. The molecule has 1 heterocycles. The van der Waals surface area contributed by atoms with Gasteiger partial charge in [0.1, 0.15) is 11.4 Å². The summed E-state index contributed by atoms with van der Waals surface area (Å²) >= 11 is 1.28. The lowest BCUT2D eigenvalue weighted by Crippen LogP contribution is -2.41. The van der Waals surface area contributed by atoms with Gasteiger partial charge < -0.3 is 10.0 Å². The molecule has 0 aliphatic rings. The maximum Gasteiger partial charge on any atom is 0.323 e. The van der Waals surface area contributed by atoms with Gasteiger partial charge in [-0.3, -0.25) is 9.59 Å². The van der Waals surface area contributed by atoms with Crippen LogP contribution >= 0.6 is 11.3 Å². The molecular formula is C11H16N2O3S. The van der Waals surface area contributed by atoms with Crippen molar-refractivity contribution in [3.8, 4) is 0 Å². The van der Waals surface area contributed by atoms with Gasteiger partial charge in [-0.05, 0) is 20.3 Å². The first-order valence-corrected chi connectivity index (χ1v) is 6.22. The molecule has 0 aliphatic carbocycles. The van der Waals surface area contributed by atoms with E-state index in [1.807, 2.05) is 20.8 Å². The largest absolute Gasteiger partial charge is 0.480 e. The first kappa shape index (κ1) is 13.6. The molecule has 0 aliphatic heterocycles. The van der Waals surface area contributed by atoms with E-state index in [9.17, 15) is 9.59 Å². The standard InChI is InChI=1S/C11H16N2O3S/c1-4-7(2)13(6-10(14)15)11(16)9-5-12-8(3)17-9/h5,7H,4,6H2,1-3H3,(H,14,15). The molecule has 0 fully saturated rings. The summed E-state index contributed by atoms with van der Waals surface area (Å²) in [5.74, 6) is -1.26. The zero-order chi connectivity index (χ0) is 13.0. The number of hydrogen-bond donors (Lipinski definition) is 1. The van der Waals surface area contributed by atoms with Crippen molar-refractivity contribution in [1.29, 1.82) is 0 Å². The fourth-order valence-corrected chi connectivity index (χ4v) is 2.13. The van der Waals surface area contributed by atoms with Crippen molar-refractivity contribution >= 4 is 23.2 Å². The zero-order valence-electron chi connectivity index (χ0n) is 10.1. The number of aliphatic carboxylic acids is 1. The number of carboxylic acids is 1. The lowest BCUT2D eigenvalue weighted by Gasteiger charge is -2.26. The zero-order valence-corrected chi connectivity index (χ0v) is 11.0. The number of nitrogens with zero attached hydrogens (tertiary/aromatic N) is 2. The predicted octanol–water partition coefficient (Wildman–Crippen LogP) is 1.78. The van der Waals surface area contributed by atoms with Gasteiger partial charge in [-0.15, -0.1) is 11.3 Å². The minimum absolute atomic E-state index is 0.0963. The molecule has 1 rings (SSSR count). The molecule has 5 nitrogen and oxygen atoms in total. The Bertz CT molecular complexity index is 417. The Morgan fingerprint density at radius 1 is 1.59 bits per heavy atom. The van der Waals surface area contributed by atoms with Crippen LogP contribution in [0.15, 0.2) is 6.20 Å². The highest BCUT2D eigenvalue weighted by molar-refractivity contribution is 7.13. The third-order valence-electron chi connectivity index (χ3n) is 2.52. The second kappa shape index (κ2) is 5.77. The van der Waals surface area contributed by atoms with Crippen LogP contribution in [0.4, 0.5) is 0 Å². The smallest absolute Gasteiger partial charge is 0.323 e. The highest BCUT2D eigenvalue weighted by Crippen LogP contribution is 2.16. The van der Waals surface area contributed by atoms with Crippen molar-refractivity contribution in [2.24, 2.45) is 0 Å². The Morgan fingerprint density at radius 2 is 2.24 bits per heavy atom. The number of carboxylic acid groups (broad SMARTS) is 1. The van der Waals surface area contributed by atoms with Gasteiger partial charge in [0.15, 0.2) is 0 Å². The summed E-state index contributed by atoms with van der Waals surface area (Å²) < 4.78 is 0. The van der Waals surface area contributed by atoms with E-state index in [-0.39, 0.29) is 18.5 Å². The minimum Gasteiger partial charge on any atom is -0.480 e. The Labute approximate surface area is 104 Å². The van der Waals surface area contributed by atoms with Gasteiger partial charge in [0.05, 0.1) is 11.2 Å². The maximum atomic E-state index is 12.1. The van der Waals surface area contributed by atoms with Gasteiger partial charge in [0.25, 0.3) is 5.91 Å². The van der Waals surface area contributed by atoms with Crippen molar-refractivity contribution in [3.63, 3.8) is 0 Å². The van der Waals surface area contributed by atoms with Gasteiger partial charge >= 0.3 is 5.97 Å². The van der Waals surface area contributed by atoms with Crippen molar-refractivity contribution in [1.82, 2.24) is 9.88 Å². The predicted molar refractivity (Wildman–Crippen MR) is 65.3 cm³/mol. The van der Waals surface area contributed by atoms with E-state index in [0.29, 0.717) is 4.88 Å². The van der Waals surface area contributed by atoms with Gasteiger partial charge in [-0.2, -0.15) is 0 Å². The molecule has 1 atom stereocenters. The highest BCUT2D eigenvalue weighted by Gasteiger charge is 2.24. The van der Waals surface area contributed by atoms with E-state index < -0.39 is 5.97 Å². The minimum atomic E-state index is -1.00. The first-order valence-electron chi connectivity index (χ1n) is 5.40. The SMILES string of the molecule is CCC(C)N(CC(=O)O)C(=O)c1cnc(C)s1. The van der Waals surface area contributed by atoms with E-state index in [1.54, 1.807) is 0 Å². The molecule has 0 spiro atoms. The van der Waals surface area contributed by atoms with E-state index in [0.717, 1.165) is 11.4 Å². The van der Waals surface area contributed by atoms with Crippen LogP contribution in [0.3, 0.4) is 0 Å². The van der Waals surface area contributed by atoms with E-state index >= 15 is 0 Å². The summed E-state index contributed by atoms with van der Waals surface area (Å²) in [7, 11) is 0. The van der Waals surface area contributed by atoms with Crippen LogP contribution in [0, 0.1) is 6.92 Å². The number of thiazole rings is 1. The summed E-state index contributed by atoms with van der Waals surface area (Å²) in [5, 5.41) is 9.62. The third-order valence-corrected chi connectivity index (χ3v) is 3.42. The number of hydrogen-bond acceptors (Lipinski definition) is 4. The van der Waals surface area contributed by atoms with Crippen molar-refractivity contribution < 1.29 is 14.7 Å². The summed E-state index contributed by atoms with van der Waals surface area (Å²) in [6, 6.07) is -0.0963. The van der Waals surface area contributed by atoms with Crippen LogP contribution in [0.25, 0.3) is 0 Å². The quantitative estimate of drug-likeness (QED) is 0.871. The summed E-state index contributed by atoms with van der Waals surface area (Å²) in [6.45, 7) is 5.30. The molecule has 1 aromatic heterocycles. The molecule has 1 unspecified atom stereocenters. The van der Waals surface area contributed by atoms with Crippen LogP contribution in [0.1, 0.15) is 34.9 Å². The third kappa shape index (κ3) is 3.52. The van der Waals surface area contributed by atoms with E-state index in [4.69, 9.17) is 5.11 Å². The number of carbonyl (C=O) groups is 2. The van der Waals surface area contributed by atoms with E-state index in [1.165, 1.54) is 22.4 Å². The van der Waals surface area contributed by atoms with Crippen LogP contribution in [0.5, 0.6) is 0 Å². The van der Waals surface area contributed by atoms with Crippen LogP contribution < -0.4 is 0 Å². The van der Waals surface area contributed by atoms with Crippen molar-refractivity contribution in [2.45, 2.75) is 33.2 Å². The van der Waals surface area contributed by atoms with Gasteiger partial charge in [0, 0.05) is 6.04 Å². The normalized spacial score (nSPS) is 12.2. The Hall–Kier alpha value is -1.43. The second-order valence-corrected chi connectivity index (χ2v) is 5.06. The fourth-order valence-electron chi connectivity index (χ4n) is 1.40. The van der Waals surface area contributed by atoms with Crippen LogP contribution in [0.2, 0.25) is 0 Å². The van der Waals surface area contributed by atoms with Gasteiger partial charge in [-0.1, -0.05) is 6.92 Å². The summed E-state index contributed by atoms with van der Waals surface area (Å²) in [5.41, 5.74) is 0. The van der Waals surface area contributed by atoms with Crippen molar-refractivity contribution in [3.05, 3.63) is 16.1 Å². The maximum absolute atomic E-state index is 12.1. The molecule has 6 heteroatoms. The van der Waals surface area contributed by atoms with Gasteiger partial charge in [-0.25, -0.2) is 4.98 Å². The van der Waals surface area contributed by atoms with Crippen molar-refractivity contribution in [2.75, 3.05) is 6.54 Å². The number of carbonyl (C=O) groups excluding carboxylic acids is 1.